The number of hydrogen-bond acceptors (Lipinski definition) is 7. The number of carbonyl (C=O) groups excluding carboxylic acids is 5. The number of nitrogens with one attached hydrogen (secondary N) is 1. The van der Waals surface area contributed by atoms with E-state index < -0.39 is 29.7 Å². The minimum atomic E-state index is -1.03. The van der Waals surface area contributed by atoms with Gasteiger partial charge in [0.1, 0.15) is 18.4 Å². The lowest BCUT2D eigenvalue weighted by Gasteiger charge is -2.27. The average Bonchev–Trinajstić information content (AvgIpc) is 3.42. The van der Waals surface area contributed by atoms with Crippen LogP contribution in [0.2, 0.25) is 0 Å². The number of hydrogen-bond donors (Lipinski definition) is 1. The van der Waals surface area contributed by atoms with Gasteiger partial charge in [0.15, 0.2) is 0 Å². The second-order valence-electron chi connectivity index (χ2n) is 12.4. The number of rotatable bonds is 14. The summed E-state index contributed by atoms with van der Waals surface area (Å²) in [5, 5.41) is 2.21. The van der Waals surface area contributed by atoms with E-state index in [1.165, 1.54) is 17.3 Å². The molecule has 0 spiro atoms. The van der Waals surface area contributed by atoms with Crippen LogP contribution in [-0.2, 0) is 14.4 Å². The predicted octanol–water partition coefficient (Wildman–Crippen LogP) is 6.70. The molecule has 1 unspecified atom stereocenters. The number of allylic oxidation sites excluding steroid dienone is 1. The fraction of sp³-hybridized carbons (Fsp3) is 0.244. The molecule has 1 saturated heterocycles. The van der Waals surface area contributed by atoms with E-state index in [9.17, 15) is 24.0 Å². The van der Waals surface area contributed by atoms with Crippen molar-refractivity contribution in [2.75, 3.05) is 31.8 Å². The Morgan fingerprint density at radius 1 is 0.846 bits per heavy atom. The highest BCUT2D eigenvalue weighted by Crippen LogP contribution is 2.36. The number of alkyl halides is 1. The summed E-state index contributed by atoms with van der Waals surface area (Å²) >= 11 is 7.60. The highest BCUT2D eigenvalue weighted by atomic mass is 35.5. The fourth-order valence-electron chi connectivity index (χ4n) is 6.45. The Kier molecular flexibility index (Phi) is 11.9. The van der Waals surface area contributed by atoms with Crippen molar-refractivity contribution in [2.45, 2.75) is 36.6 Å². The molecular formula is C41H38ClN3O6S. The molecule has 0 radical (unpaired) electrons. The van der Waals surface area contributed by atoms with Gasteiger partial charge in [0.05, 0.1) is 17.7 Å². The van der Waals surface area contributed by atoms with Crippen LogP contribution in [0.15, 0.2) is 108 Å². The molecule has 0 saturated carbocycles. The SMILES string of the molecule is CN(CCOc1ccc(C(=C(CCCl)c2ccccc2)c2ccccc2)cc1)C(=O)CCSc1cccc2c1C(=O)N(C1CCC(=O)NC1=O)C2=O. The minimum Gasteiger partial charge on any atom is -0.492 e. The van der Waals surface area contributed by atoms with E-state index in [1.54, 1.807) is 30.1 Å². The molecule has 4 aromatic carbocycles. The molecule has 52 heavy (non-hydrogen) atoms. The molecule has 0 aromatic heterocycles. The van der Waals surface area contributed by atoms with Gasteiger partial charge in [-0.05, 0) is 64.9 Å². The van der Waals surface area contributed by atoms with Crippen molar-refractivity contribution in [2.24, 2.45) is 0 Å². The largest absolute Gasteiger partial charge is 0.492 e. The van der Waals surface area contributed by atoms with Crippen molar-refractivity contribution in [1.29, 1.82) is 0 Å². The highest BCUT2D eigenvalue weighted by Gasteiger charge is 2.45. The van der Waals surface area contributed by atoms with Gasteiger partial charge in [-0.2, -0.15) is 0 Å². The molecule has 6 rings (SSSR count). The number of likely N-dealkylation sites (N-methyl/N-ethyl adjacent to an activating group) is 1. The lowest BCUT2D eigenvalue weighted by Crippen LogP contribution is -2.54. The van der Waals surface area contributed by atoms with E-state index in [0.717, 1.165) is 27.2 Å². The van der Waals surface area contributed by atoms with E-state index in [1.807, 2.05) is 60.7 Å². The minimum absolute atomic E-state index is 0.0525. The van der Waals surface area contributed by atoms with Crippen LogP contribution in [0.3, 0.4) is 0 Å². The summed E-state index contributed by atoms with van der Waals surface area (Å²) in [6.07, 6.45) is 1.06. The van der Waals surface area contributed by atoms with Crippen molar-refractivity contribution < 1.29 is 28.7 Å². The zero-order valence-corrected chi connectivity index (χ0v) is 30.3. The smallest absolute Gasteiger partial charge is 0.263 e. The first kappa shape index (κ1) is 36.6. The molecule has 4 aromatic rings. The summed E-state index contributed by atoms with van der Waals surface area (Å²) in [7, 11) is 1.72. The van der Waals surface area contributed by atoms with Gasteiger partial charge in [-0.3, -0.25) is 34.2 Å². The van der Waals surface area contributed by atoms with E-state index in [0.29, 0.717) is 41.9 Å². The predicted molar refractivity (Wildman–Crippen MR) is 202 cm³/mol. The van der Waals surface area contributed by atoms with Crippen LogP contribution < -0.4 is 10.1 Å². The molecule has 266 valence electrons. The van der Waals surface area contributed by atoms with Crippen LogP contribution in [0.5, 0.6) is 5.75 Å². The van der Waals surface area contributed by atoms with E-state index in [4.69, 9.17) is 16.3 Å². The molecule has 2 aliphatic heterocycles. The Morgan fingerprint density at radius 3 is 2.19 bits per heavy atom. The van der Waals surface area contributed by atoms with Gasteiger partial charge in [-0.25, -0.2) is 0 Å². The first-order chi connectivity index (χ1) is 25.3. The third-order valence-corrected chi connectivity index (χ3v) is 10.3. The van der Waals surface area contributed by atoms with Crippen molar-refractivity contribution in [1.82, 2.24) is 15.1 Å². The topological polar surface area (TPSA) is 113 Å². The van der Waals surface area contributed by atoms with Gasteiger partial charge < -0.3 is 9.64 Å². The quantitative estimate of drug-likeness (QED) is 0.0665. The Labute approximate surface area is 312 Å². The summed E-state index contributed by atoms with van der Waals surface area (Å²) in [6, 6.07) is 32.4. The Balaban J connectivity index is 1.03. The van der Waals surface area contributed by atoms with Crippen LogP contribution in [0.25, 0.3) is 11.1 Å². The maximum atomic E-state index is 13.4. The number of imide groups is 2. The molecular weight excluding hydrogens is 698 g/mol. The second kappa shape index (κ2) is 16.9. The molecule has 0 bridgehead atoms. The summed E-state index contributed by atoms with van der Waals surface area (Å²) < 4.78 is 6.02. The zero-order chi connectivity index (χ0) is 36.6. The zero-order valence-electron chi connectivity index (χ0n) is 28.7. The lowest BCUT2D eigenvalue weighted by atomic mass is 9.88. The monoisotopic (exact) mass is 735 g/mol. The normalized spacial score (nSPS) is 16.0. The van der Waals surface area contributed by atoms with Crippen LogP contribution in [0.4, 0.5) is 0 Å². The first-order valence-corrected chi connectivity index (χ1v) is 18.6. The fourth-order valence-corrected chi connectivity index (χ4v) is 7.66. The molecule has 5 amide bonds. The summed E-state index contributed by atoms with van der Waals surface area (Å²) in [5.74, 6) is -0.720. The van der Waals surface area contributed by atoms with Crippen LogP contribution >= 0.6 is 23.4 Å². The number of benzene rings is 4. The number of thioether (sulfide) groups is 1. The molecule has 1 fully saturated rings. The number of fused-ring (bicyclic) bond motifs is 1. The first-order valence-electron chi connectivity index (χ1n) is 17.1. The molecule has 0 aliphatic carbocycles. The standard InChI is InChI=1S/C41H38ClN3O6S/c1-44(36(47)22-26-52-34-14-8-13-32-38(34)41(50)45(40(32)49)33-19-20-35(46)43-39(33)48)24-25-51-30-17-15-29(16-18-30)37(28-11-6-3-7-12-28)31(21-23-42)27-9-4-2-5-10-27/h2-18,33H,19-26H2,1H3,(H,43,46,48). The maximum absolute atomic E-state index is 13.4. The van der Waals surface area contributed by atoms with Gasteiger partial charge in [0.25, 0.3) is 11.8 Å². The van der Waals surface area contributed by atoms with Crippen molar-refractivity contribution >= 4 is 64.0 Å². The molecule has 1 N–H and O–H groups in total. The van der Waals surface area contributed by atoms with Crippen LogP contribution in [0, 0.1) is 0 Å². The summed E-state index contributed by atoms with van der Waals surface area (Å²) in [5.41, 5.74) is 6.00. The third kappa shape index (κ3) is 8.14. The maximum Gasteiger partial charge on any atom is 0.263 e. The Bertz CT molecular complexity index is 2000. The van der Waals surface area contributed by atoms with Gasteiger partial charge in [-0.1, -0.05) is 78.9 Å². The number of nitrogens with zero attached hydrogens (tertiary/aromatic N) is 2. The number of carbonyl (C=O) groups is 5. The van der Waals surface area contributed by atoms with Gasteiger partial charge in [-0.15, -0.1) is 23.4 Å². The van der Waals surface area contributed by atoms with Gasteiger partial charge >= 0.3 is 0 Å². The number of piperidine rings is 1. The van der Waals surface area contributed by atoms with Crippen molar-refractivity contribution in [3.05, 3.63) is 131 Å². The Morgan fingerprint density at radius 2 is 1.52 bits per heavy atom. The summed E-state index contributed by atoms with van der Waals surface area (Å²) in [6.45, 7) is 0.680. The van der Waals surface area contributed by atoms with Crippen molar-refractivity contribution in [3.8, 4) is 5.75 Å². The summed E-state index contributed by atoms with van der Waals surface area (Å²) in [4.78, 5) is 66.6. The average molecular weight is 736 g/mol. The number of halogens is 1. The highest BCUT2D eigenvalue weighted by molar-refractivity contribution is 7.99. The van der Waals surface area contributed by atoms with Crippen LogP contribution in [-0.4, -0.2) is 77.2 Å². The molecule has 2 aliphatic rings. The molecule has 11 heteroatoms. The van der Waals surface area contributed by atoms with E-state index >= 15 is 0 Å². The van der Waals surface area contributed by atoms with E-state index in [2.05, 4.69) is 29.6 Å². The van der Waals surface area contributed by atoms with Gasteiger partial charge in [0, 0.05) is 36.4 Å². The number of ether oxygens (including phenoxy) is 1. The van der Waals surface area contributed by atoms with Crippen LogP contribution in [0.1, 0.15) is 63.1 Å². The number of amides is 5. The van der Waals surface area contributed by atoms with Gasteiger partial charge in [0.2, 0.25) is 17.7 Å². The molecule has 2 heterocycles. The molecule has 1 atom stereocenters. The molecule has 9 nitrogen and oxygen atoms in total. The Hall–Kier alpha value is -5.19. The van der Waals surface area contributed by atoms with E-state index in [-0.39, 0.29) is 36.3 Å². The van der Waals surface area contributed by atoms with Crippen molar-refractivity contribution in [3.63, 3.8) is 0 Å². The second-order valence-corrected chi connectivity index (χ2v) is 14.0. The lowest BCUT2D eigenvalue weighted by molar-refractivity contribution is -0.136. The third-order valence-electron chi connectivity index (χ3n) is 9.10.